The minimum Gasteiger partial charge on any atom is -0.462 e. The first kappa shape index (κ1) is 14.8. The van der Waals surface area contributed by atoms with Crippen molar-refractivity contribution >= 4 is 22.9 Å². The molecule has 0 saturated heterocycles. The van der Waals surface area contributed by atoms with Crippen molar-refractivity contribution in [3.05, 3.63) is 42.5 Å². The summed E-state index contributed by atoms with van der Waals surface area (Å²) in [6.45, 7) is 5.92. The number of rotatable bonds is 2. The van der Waals surface area contributed by atoms with E-state index in [0.717, 1.165) is 5.39 Å². The van der Waals surface area contributed by atoms with Crippen LogP contribution in [-0.2, 0) is 9.53 Å². The van der Waals surface area contributed by atoms with Gasteiger partial charge in [-0.25, -0.2) is 5.53 Å². The number of nitrogens with one attached hydrogen (secondary N) is 1. The van der Waals surface area contributed by atoms with Gasteiger partial charge in [0.2, 0.25) is 0 Å². The third-order valence-corrected chi connectivity index (χ3v) is 2.26. The number of fused-ring (bicyclic) bond motifs is 1. The van der Waals surface area contributed by atoms with Crippen LogP contribution >= 0.6 is 0 Å². The van der Waals surface area contributed by atoms with E-state index in [2.05, 4.69) is 9.85 Å². The van der Waals surface area contributed by atoms with Crippen molar-refractivity contribution in [2.24, 2.45) is 5.11 Å². The predicted octanol–water partition coefficient (Wildman–Crippen LogP) is 4.46. The van der Waals surface area contributed by atoms with Crippen molar-refractivity contribution in [2.75, 3.05) is 0 Å². The Hall–Kier alpha value is -2.23. The van der Waals surface area contributed by atoms with E-state index in [1.807, 2.05) is 63.2 Å². The zero-order valence-corrected chi connectivity index (χ0v) is 11.4. The number of hydrogen-bond donors (Lipinski definition) is 1. The molecule has 0 aromatic heterocycles. The first-order valence-electron chi connectivity index (χ1n) is 5.94. The Labute approximate surface area is 112 Å². The lowest BCUT2D eigenvalue weighted by molar-refractivity contribution is -0.138. The van der Waals surface area contributed by atoms with Crippen molar-refractivity contribution in [1.29, 1.82) is 5.53 Å². The molecule has 100 valence electrons. The highest BCUT2D eigenvalue weighted by molar-refractivity contribution is 5.84. The molecule has 0 amide bonds. The Morgan fingerprint density at radius 3 is 2.21 bits per heavy atom. The Morgan fingerprint density at radius 2 is 1.74 bits per heavy atom. The molecule has 19 heavy (non-hydrogen) atoms. The van der Waals surface area contributed by atoms with Gasteiger partial charge in [-0.15, -0.1) is 0 Å². The van der Waals surface area contributed by atoms with Crippen LogP contribution in [0.15, 0.2) is 47.6 Å². The van der Waals surface area contributed by atoms with Crippen molar-refractivity contribution in [1.82, 2.24) is 0 Å². The first-order chi connectivity index (χ1) is 8.96. The van der Waals surface area contributed by atoms with Crippen LogP contribution in [0.4, 0.5) is 5.69 Å². The third kappa shape index (κ3) is 5.29. The van der Waals surface area contributed by atoms with Gasteiger partial charge < -0.3 is 4.74 Å². The second kappa shape index (κ2) is 6.64. The molecule has 0 radical (unpaired) electrons. The number of ether oxygens (including phenoxy) is 1. The van der Waals surface area contributed by atoms with Gasteiger partial charge in [0, 0.05) is 0 Å². The summed E-state index contributed by atoms with van der Waals surface area (Å²) in [6.07, 6.45) is 0. The normalized spacial score (nSPS) is 10.3. The number of carbonyl (C=O) groups excluding carboxylic acids is 1. The highest BCUT2D eigenvalue weighted by atomic mass is 16.5. The molecule has 2 rings (SSSR count). The molecule has 0 aliphatic heterocycles. The summed E-state index contributed by atoms with van der Waals surface area (Å²) < 4.78 is 4.55. The maximum Gasteiger partial charge on any atom is 0.293 e. The molecule has 0 aliphatic carbocycles. The molecular formula is C15H18N2O2. The van der Waals surface area contributed by atoms with Gasteiger partial charge in [-0.05, 0) is 43.7 Å². The zero-order valence-electron chi connectivity index (χ0n) is 11.4. The van der Waals surface area contributed by atoms with E-state index in [4.69, 9.17) is 5.53 Å². The molecule has 0 unspecified atom stereocenters. The van der Waals surface area contributed by atoms with Crippen LogP contribution in [0.1, 0.15) is 20.8 Å². The van der Waals surface area contributed by atoms with E-state index < -0.39 is 0 Å². The van der Waals surface area contributed by atoms with Gasteiger partial charge in [0.25, 0.3) is 6.47 Å². The largest absolute Gasteiger partial charge is 0.462 e. The summed E-state index contributed by atoms with van der Waals surface area (Å²) >= 11 is 0. The highest BCUT2D eigenvalue weighted by Crippen LogP contribution is 2.20. The Balaban J connectivity index is 0.000000224. The summed E-state index contributed by atoms with van der Waals surface area (Å²) in [6, 6.07) is 13.8. The van der Waals surface area contributed by atoms with Crippen molar-refractivity contribution in [2.45, 2.75) is 26.4 Å². The maximum atomic E-state index is 9.60. The van der Waals surface area contributed by atoms with Crippen LogP contribution < -0.4 is 0 Å². The second-order valence-electron chi connectivity index (χ2n) is 4.97. The van der Waals surface area contributed by atoms with E-state index in [0.29, 0.717) is 12.2 Å². The minimum absolute atomic E-state index is 0.318. The van der Waals surface area contributed by atoms with Crippen LogP contribution in [0.3, 0.4) is 0 Å². The highest BCUT2D eigenvalue weighted by Gasteiger charge is 2.07. The van der Waals surface area contributed by atoms with Crippen LogP contribution in [0.2, 0.25) is 0 Å². The fourth-order valence-electron chi connectivity index (χ4n) is 1.39. The molecule has 2 aromatic carbocycles. The Kier molecular flexibility index (Phi) is 5.18. The average molecular weight is 258 g/mol. The fourth-order valence-corrected chi connectivity index (χ4v) is 1.39. The summed E-state index contributed by atoms with van der Waals surface area (Å²) in [5.74, 6) is 0. The molecule has 0 saturated carbocycles. The van der Waals surface area contributed by atoms with Crippen molar-refractivity contribution in [3.63, 3.8) is 0 Å². The lowest BCUT2D eigenvalue weighted by Crippen LogP contribution is -2.17. The topological polar surface area (TPSA) is 62.5 Å². The smallest absolute Gasteiger partial charge is 0.293 e. The predicted molar refractivity (Wildman–Crippen MR) is 75.7 cm³/mol. The summed E-state index contributed by atoms with van der Waals surface area (Å²) in [4.78, 5) is 9.60. The van der Waals surface area contributed by atoms with Crippen LogP contribution in [0.25, 0.3) is 10.8 Å². The lowest BCUT2D eigenvalue weighted by atomic mass is 10.1. The average Bonchev–Trinajstić information content (AvgIpc) is 2.37. The van der Waals surface area contributed by atoms with Crippen LogP contribution in [0, 0.1) is 5.53 Å². The molecule has 0 aliphatic rings. The van der Waals surface area contributed by atoms with Gasteiger partial charge in [-0.3, -0.25) is 4.79 Å². The van der Waals surface area contributed by atoms with Crippen LogP contribution in [-0.4, -0.2) is 12.1 Å². The van der Waals surface area contributed by atoms with Crippen molar-refractivity contribution < 1.29 is 9.53 Å². The van der Waals surface area contributed by atoms with Gasteiger partial charge in [0.05, 0.1) is 5.69 Å². The third-order valence-electron chi connectivity index (χ3n) is 2.26. The van der Waals surface area contributed by atoms with E-state index in [1.165, 1.54) is 5.39 Å². The number of benzene rings is 2. The second-order valence-corrected chi connectivity index (χ2v) is 4.97. The SMILES string of the molecule is CC(C)(C)OC=O.N=Nc1ccc2ccccc2c1. The Bertz CT molecular complexity index is 559. The van der Waals surface area contributed by atoms with Gasteiger partial charge in [-0.2, -0.15) is 5.11 Å². The molecule has 0 atom stereocenters. The van der Waals surface area contributed by atoms with Gasteiger partial charge in [0.15, 0.2) is 0 Å². The monoisotopic (exact) mass is 258 g/mol. The van der Waals surface area contributed by atoms with E-state index >= 15 is 0 Å². The molecular weight excluding hydrogens is 240 g/mol. The summed E-state index contributed by atoms with van der Waals surface area (Å²) in [5.41, 5.74) is 7.23. The van der Waals surface area contributed by atoms with Crippen molar-refractivity contribution in [3.8, 4) is 0 Å². The number of nitrogens with zero attached hydrogens (tertiary/aromatic N) is 1. The minimum atomic E-state index is -0.318. The van der Waals surface area contributed by atoms with E-state index in [-0.39, 0.29) is 5.60 Å². The molecule has 0 spiro atoms. The zero-order chi connectivity index (χ0) is 14.3. The Morgan fingerprint density at radius 1 is 1.11 bits per heavy atom. The van der Waals surface area contributed by atoms with E-state index in [1.54, 1.807) is 0 Å². The molecule has 0 fully saturated rings. The quantitative estimate of drug-likeness (QED) is 0.638. The van der Waals surface area contributed by atoms with Crippen LogP contribution in [0.5, 0.6) is 0 Å². The molecule has 4 heteroatoms. The van der Waals surface area contributed by atoms with Gasteiger partial charge in [0.1, 0.15) is 5.60 Å². The molecule has 0 heterocycles. The van der Waals surface area contributed by atoms with Gasteiger partial charge in [-0.1, -0.05) is 30.3 Å². The molecule has 4 nitrogen and oxygen atoms in total. The number of hydrogen-bond acceptors (Lipinski definition) is 4. The van der Waals surface area contributed by atoms with E-state index in [9.17, 15) is 4.79 Å². The maximum absolute atomic E-state index is 9.60. The molecule has 1 N–H and O–H groups in total. The lowest BCUT2D eigenvalue weighted by Gasteiger charge is -2.14. The molecule has 2 aromatic rings. The summed E-state index contributed by atoms with van der Waals surface area (Å²) in [5, 5.41) is 5.69. The van der Waals surface area contributed by atoms with Gasteiger partial charge >= 0.3 is 0 Å². The first-order valence-corrected chi connectivity index (χ1v) is 5.94. The summed E-state index contributed by atoms with van der Waals surface area (Å²) in [7, 11) is 0. The number of carbonyl (C=O) groups is 1. The standard InChI is InChI=1S/C10H8N2.C5H10O2/c11-12-10-6-5-8-3-1-2-4-9(8)7-10;1-5(2,3)7-4-6/h1-7,11H;4H,1-3H3. The fraction of sp³-hybridized carbons (Fsp3) is 0.267. The molecule has 0 bridgehead atoms.